The second-order valence-electron chi connectivity index (χ2n) is 9.99. The second-order valence-corrected chi connectivity index (χ2v) is 9.99. The Balaban J connectivity index is 1.81. The molecule has 3 aromatic rings. The molecule has 2 aliphatic rings. The lowest BCUT2D eigenvalue weighted by molar-refractivity contribution is -0.132. The number of allylic oxidation sites excluding steroid dienone is 2. The number of Topliss-reactive ketones (excluding diaryl/α,β-unsaturated/α-hetero) is 1. The van der Waals surface area contributed by atoms with E-state index in [9.17, 15) is 9.59 Å². The molecule has 0 saturated heterocycles. The van der Waals surface area contributed by atoms with Gasteiger partial charge in [-0.25, -0.2) is 0 Å². The van der Waals surface area contributed by atoms with Gasteiger partial charge in [-0.1, -0.05) is 44.2 Å². The van der Waals surface area contributed by atoms with Crippen LogP contribution >= 0.6 is 0 Å². The fraction of sp³-hybridized carbons (Fsp3) is 0.310. The van der Waals surface area contributed by atoms with Gasteiger partial charge in [0.15, 0.2) is 17.3 Å². The van der Waals surface area contributed by atoms with Crippen molar-refractivity contribution >= 4 is 28.2 Å². The first-order valence-electron chi connectivity index (χ1n) is 11.7. The lowest BCUT2D eigenvalue weighted by Gasteiger charge is -2.40. The van der Waals surface area contributed by atoms with Gasteiger partial charge in [0.25, 0.3) is 0 Å². The van der Waals surface area contributed by atoms with E-state index < -0.39 is 5.97 Å². The third kappa shape index (κ3) is 3.93. The number of esters is 1. The molecular weight excluding hydrogens is 442 g/mol. The molecule has 0 saturated carbocycles. The molecule has 0 fully saturated rings. The van der Waals surface area contributed by atoms with E-state index in [2.05, 4.69) is 43.4 Å². The van der Waals surface area contributed by atoms with E-state index in [0.717, 1.165) is 45.3 Å². The van der Waals surface area contributed by atoms with Crippen LogP contribution < -0.4 is 19.5 Å². The Bertz CT molecular complexity index is 1380. The van der Waals surface area contributed by atoms with Gasteiger partial charge in [0.1, 0.15) is 0 Å². The highest BCUT2D eigenvalue weighted by Gasteiger charge is 2.41. The molecule has 1 aliphatic carbocycles. The van der Waals surface area contributed by atoms with Gasteiger partial charge >= 0.3 is 5.97 Å². The van der Waals surface area contributed by atoms with E-state index in [-0.39, 0.29) is 22.9 Å². The monoisotopic (exact) mass is 471 g/mol. The molecule has 1 atom stereocenters. The van der Waals surface area contributed by atoms with Gasteiger partial charge in [-0.2, -0.15) is 0 Å². The van der Waals surface area contributed by atoms with Crippen LogP contribution in [0.2, 0.25) is 0 Å². The summed E-state index contributed by atoms with van der Waals surface area (Å²) in [5.74, 6) is 0.312. The third-order valence-corrected chi connectivity index (χ3v) is 6.82. The van der Waals surface area contributed by atoms with Gasteiger partial charge in [0, 0.05) is 36.2 Å². The minimum Gasteiger partial charge on any atom is -0.493 e. The summed E-state index contributed by atoms with van der Waals surface area (Å²) in [5, 5.41) is 5.77. The fourth-order valence-corrected chi connectivity index (χ4v) is 5.45. The minimum atomic E-state index is -0.470. The Hall–Kier alpha value is -3.80. The van der Waals surface area contributed by atoms with Crippen LogP contribution in [0.4, 0.5) is 5.69 Å². The zero-order valence-corrected chi connectivity index (χ0v) is 20.7. The normalized spacial score (nSPS) is 18.4. The van der Waals surface area contributed by atoms with Gasteiger partial charge in [-0.05, 0) is 51.9 Å². The summed E-state index contributed by atoms with van der Waals surface area (Å²) in [7, 11) is 3.05. The largest absolute Gasteiger partial charge is 0.493 e. The average Bonchev–Trinajstić information content (AvgIpc) is 2.81. The Morgan fingerprint density at radius 2 is 1.69 bits per heavy atom. The summed E-state index contributed by atoms with van der Waals surface area (Å²) >= 11 is 0. The summed E-state index contributed by atoms with van der Waals surface area (Å²) in [6.45, 7) is 5.59. The molecule has 1 N–H and O–H groups in total. The quantitative estimate of drug-likeness (QED) is 0.373. The van der Waals surface area contributed by atoms with Crippen LogP contribution in [0.25, 0.3) is 10.8 Å². The molecule has 0 amide bonds. The number of carbonyl (C=O) groups is 2. The number of hydrogen-bond acceptors (Lipinski definition) is 6. The highest BCUT2D eigenvalue weighted by molar-refractivity contribution is 6.04. The zero-order chi connectivity index (χ0) is 24.9. The zero-order valence-electron chi connectivity index (χ0n) is 20.7. The predicted octanol–water partition coefficient (Wildman–Crippen LogP) is 5.98. The minimum absolute atomic E-state index is 0.129. The number of methoxy groups -OCH3 is 2. The molecule has 180 valence electrons. The van der Waals surface area contributed by atoms with E-state index in [0.29, 0.717) is 17.9 Å². The van der Waals surface area contributed by atoms with Crippen LogP contribution in [0.1, 0.15) is 50.7 Å². The third-order valence-electron chi connectivity index (χ3n) is 6.82. The van der Waals surface area contributed by atoms with Crippen LogP contribution in [-0.2, 0) is 9.59 Å². The van der Waals surface area contributed by atoms with Crippen LogP contribution in [0.15, 0.2) is 59.8 Å². The van der Waals surface area contributed by atoms with Crippen molar-refractivity contribution in [2.24, 2.45) is 5.41 Å². The van der Waals surface area contributed by atoms with E-state index in [1.165, 1.54) is 21.1 Å². The topological polar surface area (TPSA) is 73.9 Å². The first-order chi connectivity index (χ1) is 16.7. The molecule has 0 bridgehead atoms. The Morgan fingerprint density at radius 3 is 2.34 bits per heavy atom. The maximum Gasteiger partial charge on any atom is 0.308 e. The Kier molecular flexibility index (Phi) is 5.55. The molecule has 1 heterocycles. The second kappa shape index (κ2) is 8.45. The lowest BCUT2D eigenvalue weighted by Crippen LogP contribution is -2.34. The molecule has 1 unspecified atom stereocenters. The van der Waals surface area contributed by atoms with Gasteiger partial charge in [-0.15, -0.1) is 0 Å². The number of rotatable bonds is 4. The van der Waals surface area contributed by atoms with Crippen molar-refractivity contribution in [2.75, 3.05) is 19.5 Å². The first-order valence-corrected chi connectivity index (χ1v) is 11.7. The van der Waals surface area contributed by atoms with Crippen molar-refractivity contribution < 1.29 is 23.8 Å². The average molecular weight is 472 g/mol. The summed E-state index contributed by atoms with van der Waals surface area (Å²) in [5.41, 5.74) is 4.48. The number of ketones is 1. The van der Waals surface area contributed by atoms with Crippen LogP contribution in [0.5, 0.6) is 17.2 Å². The number of nitrogens with one attached hydrogen (secondary N) is 1. The van der Waals surface area contributed by atoms with Gasteiger partial charge in [-0.3, -0.25) is 9.59 Å². The van der Waals surface area contributed by atoms with Gasteiger partial charge < -0.3 is 19.5 Å². The van der Waals surface area contributed by atoms with Crippen LogP contribution in [0, 0.1) is 5.41 Å². The van der Waals surface area contributed by atoms with Crippen molar-refractivity contribution in [3.8, 4) is 17.2 Å². The molecule has 3 aromatic carbocycles. The maximum absolute atomic E-state index is 13.7. The summed E-state index contributed by atoms with van der Waals surface area (Å²) in [6.07, 6.45) is 1.25. The molecule has 0 spiro atoms. The predicted molar refractivity (Wildman–Crippen MR) is 135 cm³/mol. The molecule has 0 aromatic heterocycles. The molecular formula is C29H29NO5. The smallest absolute Gasteiger partial charge is 0.308 e. The highest BCUT2D eigenvalue weighted by atomic mass is 16.6. The summed E-state index contributed by atoms with van der Waals surface area (Å²) in [4.78, 5) is 25.4. The van der Waals surface area contributed by atoms with E-state index in [1.807, 2.05) is 24.3 Å². The fourth-order valence-electron chi connectivity index (χ4n) is 5.45. The Morgan fingerprint density at radius 1 is 1.00 bits per heavy atom. The molecule has 6 nitrogen and oxygen atoms in total. The van der Waals surface area contributed by atoms with E-state index in [1.54, 1.807) is 0 Å². The maximum atomic E-state index is 13.7. The van der Waals surface area contributed by atoms with Crippen LogP contribution in [-0.4, -0.2) is 26.0 Å². The summed E-state index contributed by atoms with van der Waals surface area (Å²) < 4.78 is 16.7. The molecule has 35 heavy (non-hydrogen) atoms. The number of hydrogen-bond donors (Lipinski definition) is 1. The molecule has 1 aliphatic heterocycles. The molecule has 0 radical (unpaired) electrons. The number of fused-ring (bicyclic) bond motifs is 3. The first kappa shape index (κ1) is 23.0. The van der Waals surface area contributed by atoms with Crippen LogP contribution in [0.3, 0.4) is 0 Å². The van der Waals surface area contributed by atoms with E-state index >= 15 is 0 Å². The van der Waals surface area contributed by atoms with Gasteiger partial charge in [0.05, 0.1) is 14.2 Å². The van der Waals surface area contributed by atoms with Crippen molar-refractivity contribution in [1.82, 2.24) is 0 Å². The van der Waals surface area contributed by atoms with Gasteiger partial charge in [0.2, 0.25) is 5.75 Å². The number of benzene rings is 3. The standard InChI is InChI=1S/C29H29NO5/c1-16(31)35-28-23(33-4)12-18(13-24(28)34-5)25-26-19-9-7-6-8-17(19)10-11-20(26)30-21-14-29(2,3)15-22(32)27(21)25/h6-13,25,30H,14-15H2,1-5H3. The van der Waals surface area contributed by atoms with Crippen molar-refractivity contribution in [2.45, 2.75) is 39.5 Å². The van der Waals surface area contributed by atoms with Crippen molar-refractivity contribution in [3.63, 3.8) is 0 Å². The van der Waals surface area contributed by atoms with Crippen molar-refractivity contribution in [1.29, 1.82) is 0 Å². The number of ether oxygens (including phenoxy) is 3. The molecule has 5 rings (SSSR count). The van der Waals surface area contributed by atoms with Crippen molar-refractivity contribution in [3.05, 3.63) is 70.9 Å². The SMILES string of the molecule is COc1cc(C2C3=C(CC(C)(C)CC3=O)Nc3ccc4ccccc4c32)cc(OC)c1OC(C)=O. The lowest BCUT2D eigenvalue weighted by atomic mass is 9.68. The molecule has 6 heteroatoms. The number of carbonyl (C=O) groups excluding carboxylic acids is 2. The number of anilines is 1. The summed E-state index contributed by atoms with van der Waals surface area (Å²) in [6, 6.07) is 16.1. The Labute approximate surface area is 204 Å². The highest BCUT2D eigenvalue weighted by Crippen LogP contribution is 2.52. The van der Waals surface area contributed by atoms with E-state index in [4.69, 9.17) is 14.2 Å².